The van der Waals surface area contributed by atoms with E-state index < -0.39 is 17.6 Å². The lowest BCUT2D eigenvalue weighted by molar-refractivity contribution is 0.0601. The maximum Gasteiger partial charge on any atom is 0.337 e. The van der Waals surface area contributed by atoms with Crippen molar-refractivity contribution in [2.75, 3.05) is 7.11 Å². The van der Waals surface area contributed by atoms with E-state index in [0.717, 1.165) is 22.7 Å². The third-order valence-corrected chi connectivity index (χ3v) is 5.07. The molecular weight excluding hydrogens is 384 g/mol. The fourth-order valence-corrected chi connectivity index (χ4v) is 3.56. The molecule has 0 radical (unpaired) electrons. The number of aromatic nitrogens is 3. The highest BCUT2D eigenvalue weighted by Gasteiger charge is 2.13. The standard InChI is InChI=1S/C20H13F2N3O2S/c1-27-20(26)13-4-2-3-12(9-13)19-24-23-18-8-6-15(11-25(18)19)28-17-7-5-14(21)10-16(17)22/h2-11H,1H3. The number of methoxy groups -OCH3 is 1. The van der Waals surface area contributed by atoms with Gasteiger partial charge in [-0.3, -0.25) is 4.40 Å². The maximum absolute atomic E-state index is 14.0. The van der Waals surface area contributed by atoms with Crippen LogP contribution in [0.1, 0.15) is 10.4 Å². The molecule has 5 nitrogen and oxygen atoms in total. The van der Waals surface area contributed by atoms with Gasteiger partial charge in [0.1, 0.15) is 11.6 Å². The number of fused-ring (bicyclic) bond motifs is 1. The third kappa shape index (κ3) is 3.46. The van der Waals surface area contributed by atoms with Crippen molar-refractivity contribution in [3.8, 4) is 11.4 Å². The Hall–Kier alpha value is -3.26. The Morgan fingerprint density at radius 1 is 1.07 bits per heavy atom. The van der Waals surface area contributed by atoms with Crippen molar-refractivity contribution < 1.29 is 18.3 Å². The number of halogens is 2. The summed E-state index contributed by atoms with van der Waals surface area (Å²) in [4.78, 5) is 12.8. The number of benzene rings is 2. The Morgan fingerprint density at radius 3 is 2.71 bits per heavy atom. The minimum absolute atomic E-state index is 0.308. The molecule has 2 heterocycles. The van der Waals surface area contributed by atoms with Crippen LogP contribution in [-0.2, 0) is 4.74 Å². The van der Waals surface area contributed by atoms with Crippen LogP contribution in [0, 0.1) is 11.6 Å². The van der Waals surface area contributed by atoms with Gasteiger partial charge in [-0.2, -0.15) is 0 Å². The molecule has 0 aliphatic heterocycles. The van der Waals surface area contributed by atoms with E-state index in [1.54, 1.807) is 40.9 Å². The van der Waals surface area contributed by atoms with E-state index in [4.69, 9.17) is 4.74 Å². The molecule has 0 aliphatic carbocycles. The van der Waals surface area contributed by atoms with Crippen LogP contribution in [0.2, 0.25) is 0 Å². The average Bonchev–Trinajstić information content (AvgIpc) is 3.13. The fraction of sp³-hybridized carbons (Fsp3) is 0.0500. The summed E-state index contributed by atoms with van der Waals surface area (Å²) < 4.78 is 33.6. The largest absolute Gasteiger partial charge is 0.465 e. The van der Waals surface area contributed by atoms with E-state index >= 15 is 0 Å². The number of nitrogens with zero attached hydrogens (tertiary/aromatic N) is 3. The molecule has 0 saturated carbocycles. The molecule has 0 spiro atoms. The van der Waals surface area contributed by atoms with Crippen molar-refractivity contribution >= 4 is 23.4 Å². The highest BCUT2D eigenvalue weighted by molar-refractivity contribution is 7.99. The van der Waals surface area contributed by atoms with Crippen LogP contribution in [0.4, 0.5) is 8.78 Å². The average molecular weight is 397 g/mol. The second kappa shape index (κ2) is 7.40. The molecule has 0 unspecified atom stereocenters. The molecule has 2 aromatic carbocycles. The predicted octanol–water partition coefficient (Wildman–Crippen LogP) is 4.61. The smallest absolute Gasteiger partial charge is 0.337 e. The van der Waals surface area contributed by atoms with Crippen LogP contribution in [0.5, 0.6) is 0 Å². The van der Waals surface area contributed by atoms with Gasteiger partial charge in [-0.1, -0.05) is 23.9 Å². The predicted molar refractivity (Wildman–Crippen MR) is 100 cm³/mol. The zero-order valence-electron chi connectivity index (χ0n) is 14.6. The van der Waals surface area contributed by atoms with Crippen LogP contribution in [0.3, 0.4) is 0 Å². The lowest BCUT2D eigenvalue weighted by Gasteiger charge is -2.06. The van der Waals surface area contributed by atoms with Crippen LogP contribution in [-0.4, -0.2) is 27.7 Å². The lowest BCUT2D eigenvalue weighted by Crippen LogP contribution is -2.01. The number of carbonyl (C=O) groups is 1. The molecule has 0 atom stereocenters. The Kier molecular flexibility index (Phi) is 4.79. The summed E-state index contributed by atoms with van der Waals surface area (Å²) in [7, 11) is 1.32. The second-order valence-electron chi connectivity index (χ2n) is 5.87. The number of carbonyl (C=O) groups excluding carboxylic acids is 1. The van der Waals surface area contributed by atoms with Crippen molar-refractivity contribution in [3.05, 3.63) is 78.0 Å². The van der Waals surface area contributed by atoms with Crippen LogP contribution >= 0.6 is 11.8 Å². The SMILES string of the molecule is COC(=O)c1cccc(-c2nnc3ccc(Sc4ccc(F)cc4F)cn23)c1. The summed E-state index contributed by atoms with van der Waals surface area (Å²) in [6.45, 7) is 0. The first-order valence-electron chi connectivity index (χ1n) is 8.21. The molecule has 4 rings (SSSR count). The van der Waals surface area contributed by atoms with Gasteiger partial charge in [0.15, 0.2) is 11.5 Å². The van der Waals surface area contributed by atoms with Crippen molar-refractivity contribution in [2.24, 2.45) is 0 Å². The number of hydrogen-bond donors (Lipinski definition) is 0. The highest BCUT2D eigenvalue weighted by Crippen LogP contribution is 2.31. The summed E-state index contributed by atoms with van der Waals surface area (Å²) in [5, 5.41) is 8.33. The lowest BCUT2D eigenvalue weighted by atomic mass is 10.1. The number of ether oxygens (including phenoxy) is 1. The first-order chi connectivity index (χ1) is 13.5. The number of esters is 1. The summed E-state index contributed by atoms with van der Waals surface area (Å²) in [5.74, 6) is -1.16. The molecular formula is C20H13F2N3O2S. The van der Waals surface area contributed by atoms with E-state index in [1.165, 1.54) is 19.2 Å². The zero-order valence-corrected chi connectivity index (χ0v) is 15.4. The molecule has 0 saturated heterocycles. The summed E-state index contributed by atoms with van der Waals surface area (Å²) >= 11 is 1.16. The topological polar surface area (TPSA) is 56.5 Å². The monoisotopic (exact) mass is 397 g/mol. The third-order valence-electron chi connectivity index (χ3n) is 4.04. The van der Waals surface area contributed by atoms with Crippen molar-refractivity contribution in [3.63, 3.8) is 0 Å². The van der Waals surface area contributed by atoms with Crippen LogP contribution in [0.15, 0.2) is 70.6 Å². The van der Waals surface area contributed by atoms with Gasteiger partial charge in [-0.25, -0.2) is 13.6 Å². The van der Waals surface area contributed by atoms with Gasteiger partial charge in [-0.15, -0.1) is 10.2 Å². The molecule has 28 heavy (non-hydrogen) atoms. The van der Waals surface area contributed by atoms with E-state index in [0.29, 0.717) is 27.5 Å². The zero-order chi connectivity index (χ0) is 19.7. The van der Waals surface area contributed by atoms with E-state index in [9.17, 15) is 13.6 Å². The van der Waals surface area contributed by atoms with Gasteiger partial charge in [-0.05, 0) is 36.4 Å². The molecule has 4 aromatic rings. The number of rotatable bonds is 4. The first kappa shape index (κ1) is 18.1. The van der Waals surface area contributed by atoms with Crippen molar-refractivity contribution in [2.45, 2.75) is 9.79 Å². The molecule has 0 bridgehead atoms. The minimum atomic E-state index is -0.625. The molecule has 0 aliphatic rings. The summed E-state index contributed by atoms with van der Waals surface area (Å²) in [5.41, 5.74) is 1.68. The van der Waals surface area contributed by atoms with E-state index in [1.807, 2.05) is 6.07 Å². The van der Waals surface area contributed by atoms with Crippen LogP contribution in [0.25, 0.3) is 17.0 Å². The molecule has 8 heteroatoms. The maximum atomic E-state index is 14.0. The molecule has 2 aromatic heterocycles. The Bertz CT molecular complexity index is 1190. The van der Waals surface area contributed by atoms with Gasteiger partial charge < -0.3 is 4.74 Å². The summed E-state index contributed by atoms with van der Waals surface area (Å²) in [6, 6.07) is 13.9. The fourth-order valence-electron chi connectivity index (χ4n) is 2.72. The Labute approximate surface area is 163 Å². The quantitative estimate of drug-likeness (QED) is 0.471. The normalized spacial score (nSPS) is 11.0. The van der Waals surface area contributed by atoms with Gasteiger partial charge in [0, 0.05) is 27.6 Å². The minimum Gasteiger partial charge on any atom is -0.465 e. The first-order valence-corrected chi connectivity index (χ1v) is 9.03. The van der Waals surface area contributed by atoms with Gasteiger partial charge in [0.25, 0.3) is 0 Å². The molecule has 140 valence electrons. The van der Waals surface area contributed by atoms with Crippen molar-refractivity contribution in [1.82, 2.24) is 14.6 Å². The highest BCUT2D eigenvalue weighted by atomic mass is 32.2. The Balaban J connectivity index is 1.73. The summed E-state index contributed by atoms with van der Waals surface area (Å²) in [6.07, 6.45) is 1.77. The van der Waals surface area contributed by atoms with Crippen molar-refractivity contribution in [1.29, 1.82) is 0 Å². The van der Waals surface area contributed by atoms with E-state index in [2.05, 4.69) is 10.2 Å². The molecule has 0 fully saturated rings. The number of pyridine rings is 1. The van der Waals surface area contributed by atoms with Gasteiger partial charge in [0.05, 0.1) is 12.7 Å². The van der Waals surface area contributed by atoms with Gasteiger partial charge in [0.2, 0.25) is 0 Å². The van der Waals surface area contributed by atoms with Gasteiger partial charge >= 0.3 is 5.97 Å². The second-order valence-corrected chi connectivity index (χ2v) is 6.98. The molecule has 0 amide bonds. The molecule has 0 N–H and O–H groups in total. The van der Waals surface area contributed by atoms with E-state index in [-0.39, 0.29) is 0 Å². The Morgan fingerprint density at radius 2 is 1.93 bits per heavy atom. The van der Waals surface area contributed by atoms with Crippen LogP contribution < -0.4 is 0 Å². The number of hydrogen-bond acceptors (Lipinski definition) is 5.